The zero-order valence-corrected chi connectivity index (χ0v) is 13.0. The summed E-state index contributed by atoms with van der Waals surface area (Å²) in [5.74, 6) is 0.0319. The summed E-state index contributed by atoms with van der Waals surface area (Å²) in [5.41, 5.74) is 0.384. The Kier molecular flexibility index (Phi) is 7.79. The lowest BCUT2D eigenvalue weighted by molar-refractivity contribution is 0.0252. The van der Waals surface area contributed by atoms with Crippen LogP contribution in [0.1, 0.15) is 37.6 Å². The first-order chi connectivity index (χ1) is 10.0. The number of nitrogens with one attached hydrogen (secondary N) is 1. The summed E-state index contributed by atoms with van der Waals surface area (Å²) in [5, 5.41) is 12.8. The lowest BCUT2D eigenvalue weighted by Crippen LogP contribution is -2.35. The van der Waals surface area contributed by atoms with Gasteiger partial charge in [-0.05, 0) is 18.6 Å². The molecule has 21 heavy (non-hydrogen) atoms. The molecule has 5 nitrogen and oxygen atoms in total. The molecule has 0 unspecified atom stereocenters. The third kappa shape index (κ3) is 6.60. The monoisotopic (exact) mass is 295 g/mol. The number of para-hydroxylation sites is 1. The van der Waals surface area contributed by atoms with Crippen LogP contribution in [-0.2, 0) is 4.74 Å². The van der Waals surface area contributed by atoms with Crippen LogP contribution in [0.3, 0.4) is 0 Å². The van der Waals surface area contributed by atoms with Crippen molar-refractivity contribution in [1.82, 2.24) is 5.32 Å². The molecular weight excluding hydrogens is 270 g/mol. The van der Waals surface area contributed by atoms with Crippen molar-refractivity contribution >= 4 is 5.97 Å². The quantitative estimate of drug-likeness (QED) is 0.682. The molecule has 0 saturated carbocycles. The average molecular weight is 295 g/mol. The third-order valence-corrected chi connectivity index (χ3v) is 2.74. The highest BCUT2D eigenvalue weighted by molar-refractivity contribution is 5.92. The van der Waals surface area contributed by atoms with Gasteiger partial charge in [-0.15, -0.1) is 0 Å². The number of esters is 1. The van der Waals surface area contributed by atoms with E-state index in [4.69, 9.17) is 9.47 Å². The first kappa shape index (κ1) is 17.5. The second-order valence-electron chi connectivity index (χ2n) is 5.16. The molecular formula is C16H25NO4. The lowest BCUT2D eigenvalue weighted by Gasteiger charge is -2.15. The maximum absolute atomic E-state index is 12.0. The molecule has 0 radical (unpaired) electrons. The van der Waals surface area contributed by atoms with Gasteiger partial charge < -0.3 is 19.9 Å². The van der Waals surface area contributed by atoms with Gasteiger partial charge in [-0.1, -0.05) is 32.9 Å². The van der Waals surface area contributed by atoms with Gasteiger partial charge in [0.2, 0.25) is 0 Å². The van der Waals surface area contributed by atoms with Crippen molar-refractivity contribution in [2.45, 2.75) is 39.3 Å². The van der Waals surface area contributed by atoms with Crippen LogP contribution in [-0.4, -0.2) is 43.0 Å². The summed E-state index contributed by atoms with van der Waals surface area (Å²) in [6.45, 7) is 6.87. The van der Waals surface area contributed by atoms with Crippen molar-refractivity contribution in [2.75, 3.05) is 19.8 Å². The highest BCUT2D eigenvalue weighted by Crippen LogP contribution is 2.19. The Morgan fingerprint density at radius 3 is 2.71 bits per heavy atom. The molecule has 1 atom stereocenters. The SMILES string of the molecule is CCCOc1ccccc1C(=O)OC[C@@H](O)CNC(C)C. The molecule has 0 aromatic heterocycles. The van der Waals surface area contributed by atoms with E-state index >= 15 is 0 Å². The summed E-state index contributed by atoms with van der Waals surface area (Å²) in [6, 6.07) is 7.24. The Bertz CT molecular complexity index is 434. The van der Waals surface area contributed by atoms with Gasteiger partial charge in [0, 0.05) is 12.6 Å². The van der Waals surface area contributed by atoms with Gasteiger partial charge >= 0.3 is 5.97 Å². The minimum Gasteiger partial charge on any atom is -0.493 e. The largest absolute Gasteiger partial charge is 0.493 e. The minimum absolute atomic E-state index is 0.0410. The van der Waals surface area contributed by atoms with Crippen LogP contribution >= 0.6 is 0 Å². The van der Waals surface area contributed by atoms with Crippen LogP contribution in [0.5, 0.6) is 5.75 Å². The summed E-state index contributed by atoms with van der Waals surface area (Å²) in [6.07, 6.45) is 0.142. The van der Waals surface area contributed by atoms with Crippen LogP contribution in [0.25, 0.3) is 0 Å². The van der Waals surface area contributed by atoms with E-state index in [1.54, 1.807) is 18.2 Å². The number of carbonyl (C=O) groups is 1. The molecule has 1 aromatic carbocycles. The maximum atomic E-state index is 12.0. The zero-order valence-electron chi connectivity index (χ0n) is 13.0. The summed E-state index contributed by atoms with van der Waals surface area (Å²) in [4.78, 5) is 12.0. The highest BCUT2D eigenvalue weighted by Gasteiger charge is 2.15. The smallest absolute Gasteiger partial charge is 0.342 e. The third-order valence-electron chi connectivity index (χ3n) is 2.74. The number of ether oxygens (including phenoxy) is 2. The maximum Gasteiger partial charge on any atom is 0.342 e. The van der Waals surface area contributed by atoms with Gasteiger partial charge in [0.25, 0.3) is 0 Å². The normalized spacial score (nSPS) is 12.2. The van der Waals surface area contributed by atoms with E-state index in [-0.39, 0.29) is 12.6 Å². The van der Waals surface area contributed by atoms with Crippen LogP contribution in [0.15, 0.2) is 24.3 Å². The van der Waals surface area contributed by atoms with E-state index in [2.05, 4.69) is 5.32 Å². The van der Waals surface area contributed by atoms with Crippen molar-refractivity contribution in [3.05, 3.63) is 29.8 Å². The number of aliphatic hydroxyl groups excluding tert-OH is 1. The molecule has 0 heterocycles. The molecule has 0 bridgehead atoms. The predicted octanol–water partition coefficient (Wildman–Crippen LogP) is 1.99. The molecule has 0 aliphatic rings. The second kappa shape index (κ2) is 9.37. The number of rotatable bonds is 9. The number of hydrogen-bond donors (Lipinski definition) is 2. The molecule has 2 N–H and O–H groups in total. The Balaban J connectivity index is 2.51. The van der Waals surface area contributed by atoms with Crippen LogP contribution in [0.2, 0.25) is 0 Å². The van der Waals surface area contributed by atoms with E-state index in [1.165, 1.54) is 0 Å². The van der Waals surface area contributed by atoms with Gasteiger partial charge in [0.15, 0.2) is 0 Å². The van der Waals surface area contributed by atoms with E-state index in [0.29, 0.717) is 24.5 Å². The lowest BCUT2D eigenvalue weighted by atomic mass is 10.2. The van der Waals surface area contributed by atoms with Crippen LogP contribution < -0.4 is 10.1 Å². The van der Waals surface area contributed by atoms with Gasteiger partial charge in [-0.3, -0.25) is 0 Å². The molecule has 0 amide bonds. The van der Waals surface area contributed by atoms with Gasteiger partial charge in [-0.2, -0.15) is 0 Å². The molecule has 118 valence electrons. The van der Waals surface area contributed by atoms with Crippen molar-refractivity contribution in [1.29, 1.82) is 0 Å². The van der Waals surface area contributed by atoms with E-state index in [1.807, 2.05) is 26.8 Å². The van der Waals surface area contributed by atoms with Crippen LogP contribution in [0.4, 0.5) is 0 Å². The van der Waals surface area contributed by atoms with E-state index in [0.717, 1.165) is 6.42 Å². The molecule has 0 aliphatic heterocycles. The molecule has 5 heteroatoms. The highest BCUT2D eigenvalue weighted by atomic mass is 16.5. The van der Waals surface area contributed by atoms with Gasteiger partial charge in [0.1, 0.15) is 24.0 Å². The van der Waals surface area contributed by atoms with Crippen molar-refractivity contribution in [2.24, 2.45) is 0 Å². The molecule has 0 spiro atoms. The van der Waals surface area contributed by atoms with Gasteiger partial charge in [-0.25, -0.2) is 4.79 Å². The molecule has 0 fully saturated rings. The Labute approximate surface area is 126 Å². The summed E-state index contributed by atoms with van der Waals surface area (Å²) < 4.78 is 10.7. The first-order valence-electron chi connectivity index (χ1n) is 7.35. The van der Waals surface area contributed by atoms with Crippen LogP contribution in [0, 0.1) is 0 Å². The summed E-state index contributed by atoms with van der Waals surface area (Å²) in [7, 11) is 0. The Morgan fingerprint density at radius 2 is 2.05 bits per heavy atom. The standard InChI is InChI=1S/C16H25NO4/c1-4-9-20-15-8-6-5-7-14(15)16(19)21-11-13(18)10-17-12(2)3/h5-8,12-13,17-18H,4,9-11H2,1-3H3/t13-/m0/s1. The first-order valence-corrected chi connectivity index (χ1v) is 7.35. The van der Waals surface area contributed by atoms with Gasteiger partial charge in [0.05, 0.1) is 6.61 Å². The number of hydrogen-bond acceptors (Lipinski definition) is 5. The second-order valence-corrected chi connectivity index (χ2v) is 5.16. The van der Waals surface area contributed by atoms with Crippen molar-refractivity contribution < 1.29 is 19.4 Å². The summed E-state index contributed by atoms with van der Waals surface area (Å²) >= 11 is 0. The number of carbonyl (C=O) groups excluding carboxylic acids is 1. The van der Waals surface area contributed by atoms with E-state index in [9.17, 15) is 9.90 Å². The minimum atomic E-state index is -0.722. The average Bonchev–Trinajstić information content (AvgIpc) is 2.48. The van der Waals surface area contributed by atoms with E-state index < -0.39 is 12.1 Å². The van der Waals surface area contributed by atoms with Crippen molar-refractivity contribution in [3.63, 3.8) is 0 Å². The molecule has 1 rings (SSSR count). The Morgan fingerprint density at radius 1 is 1.33 bits per heavy atom. The fourth-order valence-electron chi connectivity index (χ4n) is 1.65. The number of benzene rings is 1. The molecule has 0 aliphatic carbocycles. The fraction of sp³-hybridized carbons (Fsp3) is 0.562. The fourth-order valence-corrected chi connectivity index (χ4v) is 1.65. The predicted molar refractivity (Wildman–Crippen MR) is 81.7 cm³/mol. The molecule has 0 saturated heterocycles. The van der Waals surface area contributed by atoms with Crippen molar-refractivity contribution in [3.8, 4) is 5.75 Å². The molecule has 1 aromatic rings. The number of aliphatic hydroxyl groups is 1. The Hall–Kier alpha value is -1.59. The zero-order chi connectivity index (χ0) is 15.7. The topological polar surface area (TPSA) is 67.8 Å².